The molecule has 2 bridgehead atoms. The number of allylic oxidation sites excluding steroid dienone is 1. The highest BCUT2D eigenvalue weighted by molar-refractivity contribution is 6.01. The Balaban J connectivity index is 1.37. The van der Waals surface area contributed by atoms with E-state index < -0.39 is 0 Å². The van der Waals surface area contributed by atoms with Crippen LogP contribution in [0.2, 0.25) is 0 Å². The number of benzene rings is 1. The molecule has 8 heteroatoms. The molecular weight excluding hydrogens is 488 g/mol. The average Bonchev–Trinajstić information content (AvgIpc) is 3.64. The predicted molar refractivity (Wildman–Crippen MR) is 154 cm³/mol. The molecule has 0 aliphatic carbocycles. The third-order valence-corrected chi connectivity index (χ3v) is 9.29. The van der Waals surface area contributed by atoms with Crippen LogP contribution in [-0.2, 0) is 0 Å². The lowest BCUT2D eigenvalue weighted by Gasteiger charge is -2.35. The van der Waals surface area contributed by atoms with Gasteiger partial charge >= 0.3 is 6.01 Å². The Labute approximate surface area is 230 Å². The van der Waals surface area contributed by atoms with Crippen molar-refractivity contribution in [3.05, 3.63) is 42.6 Å². The number of fused-ring (bicyclic) bond motifs is 4. The van der Waals surface area contributed by atoms with Crippen LogP contribution in [0.4, 0.5) is 5.82 Å². The lowest BCUT2D eigenvalue weighted by molar-refractivity contribution is 0.108. The summed E-state index contributed by atoms with van der Waals surface area (Å²) in [5.74, 6) is 1.69. The summed E-state index contributed by atoms with van der Waals surface area (Å²) in [5.41, 5.74) is 4.54. The number of anilines is 1. The van der Waals surface area contributed by atoms with Gasteiger partial charge in [-0.1, -0.05) is 18.7 Å². The van der Waals surface area contributed by atoms with Crippen LogP contribution in [0.3, 0.4) is 0 Å². The van der Waals surface area contributed by atoms with E-state index in [1.54, 1.807) is 7.11 Å². The van der Waals surface area contributed by atoms with E-state index in [2.05, 4.69) is 21.7 Å². The van der Waals surface area contributed by atoms with E-state index in [0.717, 1.165) is 58.0 Å². The molecule has 0 amide bonds. The first-order valence-corrected chi connectivity index (χ1v) is 14.4. The van der Waals surface area contributed by atoms with E-state index >= 15 is 0 Å². The van der Waals surface area contributed by atoms with Gasteiger partial charge in [0.2, 0.25) is 0 Å². The van der Waals surface area contributed by atoms with Crippen LogP contribution in [-0.4, -0.2) is 77.4 Å². The molecule has 2 atom stereocenters. The minimum Gasteiger partial charge on any atom is -0.496 e. The van der Waals surface area contributed by atoms with Gasteiger partial charge in [0, 0.05) is 42.5 Å². The average molecular weight is 527 g/mol. The Bertz CT molecular complexity index is 1400. The molecular formula is C31H38N6O2. The summed E-state index contributed by atoms with van der Waals surface area (Å²) in [7, 11) is 1.69. The maximum Gasteiger partial charge on any atom is 0.319 e. The second kappa shape index (κ2) is 9.75. The Morgan fingerprint density at radius 1 is 1.10 bits per heavy atom. The van der Waals surface area contributed by atoms with Gasteiger partial charge in [0.1, 0.15) is 18.2 Å². The highest BCUT2D eigenvalue weighted by Crippen LogP contribution is 2.41. The number of para-hydroxylation sites is 1. The SMILES string of the molecule is C=C(C)c1c(-c2ccccc2OC)ncc2c(N3CC4CCC(C3)N4)nc(OCC34CCCN3CCC4)nc12. The van der Waals surface area contributed by atoms with Gasteiger partial charge in [-0.3, -0.25) is 9.88 Å². The molecule has 1 aromatic carbocycles. The fourth-order valence-electron chi connectivity index (χ4n) is 7.44. The largest absolute Gasteiger partial charge is 0.496 e. The predicted octanol–water partition coefficient (Wildman–Crippen LogP) is 4.68. The summed E-state index contributed by atoms with van der Waals surface area (Å²) in [6.45, 7) is 11.2. The fourth-order valence-corrected chi connectivity index (χ4v) is 7.44. The van der Waals surface area contributed by atoms with Gasteiger partial charge in [-0.25, -0.2) is 0 Å². The Kier molecular flexibility index (Phi) is 6.20. The Morgan fingerprint density at radius 3 is 2.56 bits per heavy atom. The van der Waals surface area contributed by atoms with E-state index in [0.29, 0.717) is 24.7 Å². The molecule has 39 heavy (non-hydrogen) atoms. The zero-order valence-corrected chi connectivity index (χ0v) is 23.1. The molecule has 3 aromatic rings. The van der Waals surface area contributed by atoms with Crippen LogP contribution in [0.15, 0.2) is 37.0 Å². The number of nitrogens with zero attached hydrogens (tertiary/aromatic N) is 5. The summed E-state index contributed by atoms with van der Waals surface area (Å²) in [6.07, 6.45) is 9.20. The molecule has 6 heterocycles. The number of rotatable bonds is 7. The maximum absolute atomic E-state index is 6.55. The zero-order valence-electron chi connectivity index (χ0n) is 23.1. The van der Waals surface area contributed by atoms with Gasteiger partial charge in [-0.15, -0.1) is 0 Å². The summed E-state index contributed by atoms with van der Waals surface area (Å²) in [4.78, 5) is 20.2. The van der Waals surface area contributed by atoms with Crippen molar-refractivity contribution >= 4 is 22.3 Å². The van der Waals surface area contributed by atoms with Gasteiger partial charge in [0.15, 0.2) is 0 Å². The Hall–Kier alpha value is -3.23. The van der Waals surface area contributed by atoms with Gasteiger partial charge < -0.3 is 19.7 Å². The second-order valence-electron chi connectivity index (χ2n) is 11.8. The third-order valence-electron chi connectivity index (χ3n) is 9.29. The standard InChI is InChI=1S/C31H38N6O2/c1-20(2)26-27(23-8-4-5-9-25(23)38-3)32-16-24-28(26)34-30(39-19-31-12-6-14-37(31)15-7-13-31)35-29(24)36-17-21-10-11-22(18-36)33-21/h4-5,8-9,16,21-22,33H,1,6-7,10-15,17-19H2,2-3H3. The van der Waals surface area contributed by atoms with Crippen molar-refractivity contribution in [2.24, 2.45) is 0 Å². The number of pyridine rings is 1. The van der Waals surface area contributed by atoms with Crippen LogP contribution in [0.1, 0.15) is 51.0 Å². The monoisotopic (exact) mass is 526 g/mol. The zero-order chi connectivity index (χ0) is 26.6. The van der Waals surface area contributed by atoms with Crippen molar-refractivity contribution in [1.82, 2.24) is 25.2 Å². The summed E-state index contributed by atoms with van der Waals surface area (Å²) in [6, 6.07) is 9.43. The van der Waals surface area contributed by atoms with Crippen molar-refractivity contribution in [2.75, 3.05) is 44.8 Å². The number of hydrogen-bond donors (Lipinski definition) is 1. The lowest BCUT2D eigenvalue weighted by atomic mass is 9.95. The highest BCUT2D eigenvalue weighted by atomic mass is 16.5. The minimum atomic E-state index is 0.130. The van der Waals surface area contributed by atoms with Gasteiger partial charge in [-0.2, -0.15) is 9.97 Å². The van der Waals surface area contributed by atoms with E-state index in [1.165, 1.54) is 51.6 Å². The first-order chi connectivity index (χ1) is 19.0. The number of nitrogens with one attached hydrogen (secondary N) is 1. The lowest BCUT2D eigenvalue weighted by Crippen LogP contribution is -2.51. The van der Waals surface area contributed by atoms with Gasteiger partial charge in [0.05, 0.1) is 29.2 Å². The van der Waals surface area contributed by atoms with Crippen LogP contribution >= 0.6 is 0 Å². The summed E-state index contributed by atoms with van der Waals surface area (Å²) < 4.78 is 12.3. The number of ether oxygens (including phenoxy) is 2. The van der Waals surface area contributed by atoms with E-state index in [-0.39, 0.29) is 5.54 Å². The van der Waals surface area contributed by atoms with Crippen molar-refractivity contribution in [3.8, 4) is 23.0 Å². The number of hydrogen-bond acceptors (Lipinski definition) is 8. The normalized spacial score (nSPS) is 23.8. The van der Waals surface area contributed by atoms with Crippen LogP contribution < -0.4 is 19.7 Å². The third kappa shape index (κ3) is 4.25. The fraction of sp³-hybridized carbons (Fsp3) is 0.516. The molecule has 4 fully saturated rings. The number of piperazine rings is 1. The van der Waals surface area contributed by atoms with Crippen LogP contribution in [0.25, 0.3) is 27.7 Å². The summed E-state index contributed by atoms with van der Waals surface area (Å²) in [5, 5.41) is 4.69. The molecule has 4 aliphatic rings. The molecule has 8 nitrogen and oxygen atoms in total. The number of aromatic nitrogens is 3. The number of methoxy groups -OCH3 is 1. The molecule has 1 N–H and O–H groups in total. The minimum absolute atomic E-state index is 0.130. The van der Waals surface area contributed by atoms with Crippen LogP contribution in [0.5, 0.6) is 11.8 Å². The van der Waals surface area contributed by atoms with E-state index in [9.17, 15) is 0 Å². The van der Waals surface area contributed by atoms with E-state index in [1.807, 2.05) is 37.4 Å². The first-order valence-electron chi connectivity index (χ1n) is 14.4. The molecule has 0 spiro atoms. The topological polar surface area (TPSA) is 75.6 Å². The van der Waals surface area contributed by atoms with Crippen molar-refractivity contribution < 1.29 is 9.47 Å². The molecule has 204 valence electrons. The van der Waals surface area contributed by atoms with Gasteiger partial charge in [0.25, 0.3) is 0 Å². The Morgan fingerprint density at radius 2 is 1.85 bits per heavy atom. The molecule has 4 saturated heterocycles. The molecule has 0 saturated carbocycles. The van der Waals surface area contributed by atoms with Crippen molar-refractivity contribution in [3.63, 3.8) is 0 Å². The van der Waals surface area contributed by atoms with Crippen molar-refractivity contribution in [1.29, 1.82) is 0 Å². The first kappa shape index (κ1) is 24.8. The second-order valence-corrected chi connectivity index (χ2v) is 11.8. The molecule has 7 rings (SSSR count). The maximum atomic E-state index is 6.55. The molecule has 2 unspecified atom stereocenters. The summed E-state index contributed by atoms with van der Waals surface area (Å²) >= 11 is 0. The highest BCUT2D eigenvalue weighted by Gasteiger charge is 2.45. The van der Waals surface area contributed by atoms with Crippen molar-refractivity contribution in [2.45, 2.75) is 63.1 Å². The smallest absolute Gasteiger partial charge is 0.319 e. The molecule has 2 aromatic heterocycles. The van der Waals surface area contributed by atoms with E-state index in [4.69, 9.17) is 24.4 Å². The molecule has 4 aliphatic heterocycles. The quantitative estimate of drug-likeness (QED) is 0.476. The van der Waals surface area contributed by atoms with Gasteiger partial charge in [-0.05, 0) is 76.2 Å². The van der Waals surface area contributed by atoms with Crippen LogP contribution in [0, 0.1) is 0 Å². The molecule has 0 radical (unpaired) electrons.